The lowest BCUT2D eigenvalue weighted by Crippen LogP contribution is -2.07. The van der Waals surface area contributed by atoms with Gasteiger partial charge in [0.25, 0.3) is 0 Å². The van der Waals surface area contributed by atoms with Crippen LogP contribution in [0.1, 0.15) is 36.8 Å². The molecule has 0 saturated heterocycles. The van der Waals surface area contributed by atoms with E-state index in [0.29, 0.717) is 22.8 Å². The normalized spacial score (nSPS) is 11.1. The van der Waals surface area contributed by atoms with Gasteiger partial charge in [-0.05, 0) is 30.2 Å². The number of alkyl halides is 1. The summed E-state index contributed by atoms with van der Waals surface area (Å²) in [5.41, 5.74) is 3.81. The molecule has 0 aliphatic rings. The van der Waals surface area contributed by atoms with Crippen molar-refractivity contribution in [1.29, 1.82) is 0 Å². The third-order valence-corrected chi connectivity index (χ3v) is 3.87. The standard InChI is InChI=1S/C15H16BrFN2S/c1-9(2)14-12(7-16)15(19-13(8-20)18-14)10-3-5-11(17)6-4-10/h3-6,9,20H,7-8H2,1-2H3. The van der Waals surface area contributed by atoms with E-state index in [0.717, 1.165) is 22.5 Å². The molecule has 1 aromatic heterocycles. The molecule has 0 spiro atoms. The number of aromatic nitrogens is 2. The van der Waals surface area contributed by atoms with Gasteiger partial charge in [-0.2, -0.15) is 12.6 Å². The Hall–Kier alpha value is -0.940. The van der Waals surface area contributed by atoms with E-state index in [9.17, 15) is 4.39 Å². The molecule has 0 fully saturated rings. The van der Waals surface area contributed by atoms with Gasteiger partial charge in [0.1, 0.15) is 11.6 Å². The summed E-state index contributed by atoms with van der Waals surface area (Å²) in [6, 6.07) is 6.39. The molecule has 20 heavy (non-hydrogen) atoms. The molecule has 0 saturated carbocycles. The SMILES string of the molecule is CC(C)c1nc(CS)nc(-c2ccc(F)cc2)c1CBr. The topological polar surface area (TPSA) is 25.8 Å². The van der Waals surface area contributed by atoms with Gasteiger partial charge in [-0.25, -0.2) is 14.4 Å². The van der Waals surface area contributed by atoms with Crippen molar-refractivity contribution in [2.24, 2.45) is 0 Å². The van der Waals surface area contributed by atoms with E-state index in [4.69, 9.17) is 0 Å². The Kier molecular flexibility index (Phi) is 5.16. The molecule has 5 heteroatoms. The Morgan fingerprint density at radius 2 is 1.85 bits per heavy atom. The molecule has 106 valence electrons. The molecule has 0 bridgehead atoms. The first kappa shape index (κ1) is 15.4. The van der Waals surface area contributed by atoms with Gasteiger partial charge in [-0.15, -0.1) is 0 Å². The van der Waals surface area contributed by atoms with E-state index in [1.165, 1.54) is 12.1 Å². The van der Waals surface area contributed by atoms with Crippen LogP contribution < -0.4 is 0 Å². The minimum atomic E-state index is -0.248. The zero-order chi connectivity index (χ0) is 14.7. The van der Waals surface area contributed by atoms with E-state index in [1.807, 2.05) is 0 Å². The highest BCUT2D eigenvalue weighted by atomic mass is 79.9. The van der Waals surface area contributed by atoms with E-state index >= 15 is 0 Å². The molecule has 1 heterocycles. The lowest BCUT2D eigenvalue weighted by molar-refractivity contribution is 0.628. The minimum absolute atomic E-state index is 0.248. The zero-order valence-corrected chi connectivity index (χ0v) is 13.9. The molecule has 0 amide bonds. The second-order valence-electron chi connectivity index (χ2n) is 4.81. The Bertz CT molecular complexity index is 600. The van der Waals surface area contributed by atoms with Gasteiger partial charge < -0.3 is 0 Å². The predicted molar refractivity (Wildman–Crippen MR) is 86.8 cm³/mol. The Morgan fingerprint density at radius 1 is 1.20 bits per heavy atom. The average molecular weight is 355 g/mol. The van der Waals surface area contributed by atoms with Crippen molar-refractivity contribution in [2.75, 3.05) is 0 Å². The molecule has 0 aliphatic heterocycles. The fourth-order valence-corrected chi connectivity index (χ4v) is 2.77. The van der Waals surface area contributed by atoms with Gasteiger partial charge in [0.05, 0.1) is 17.1 Å². The third-order valence-electron chi connectivity index (χ3n) is 3.02. The van der Waals surface area contributed by atoms with Crippen LogP contribution >= 0.6 is 28.6 Å². The van der Waals surface area contributed by atoms with Gasteiger partial charge in [0.2, 0.25) is 0 Å². The molecule has 2 aromatic rings. The first-order valence-electron chi connectivity index (χ1n) is 6.39. The lowest BCUT2D eigenvalue weighted by Gasteiger charge is -2.16. The van der Waals surface area contributed by atoms with Crippen LogP contribution in [0.25, 0.3) is 11.3 Å². The molecule has 0 aliphatic carbocycles. The summed E-state index contributed by atoms with van der Waals surface area (Å²) in [6.45, 7) is 4.20. The molecule has 0 radical (unpaired) electrons. The summed E-state index contributed by atoms with van der Waals surface area (Å²) in [4.78, 5) is 9.14. The van der Waals surface area contributed by atoms with Gasteiger partial charge >= 0.3 is 0 Å². The quantitative estimate of drug-likeness (QED) is 0.634. The number of nitrogens with zero attached hydrogens (tertiary/aromatic N) is 2. The van der Waals surface area contributed by atoms with E-state index in [2.05, 4.69) is 52.4 Å². The molecular weight excluding hydrogens is 339 g/mol. The summed E-state index contributed by atoms with van der Waals surface area (Å²) in [6.07, 6.45) is 0. The van der Waals surface area contributed by atoms with Crippen LogP contribution in [-0.2, 0) is 11.1 Å². The second-order valence-corrected chi connectivity index (χ2v) is 5.68. The first-order chi connectivity index (χ1) is 9.56. The molecule has 0 N–H and O–H groups in total. The molecule has 1 aromatic carbocycles. The highest BCUT2D eigenvalue weighted by Gasteiger charge is 2.16. The summed E-state index contributed by atoms with van der Waals surface area (Å²) in [5, 5.41) is 0.667. The maximum absolute atomic E-state index is 13.1. The average Bonchev–Trinajstić information content (AvgIpc) is 2.46. The largest absolute Gasteiger partial charge is 0.236 e. The number of thiol groups is 1. The molecule has 0 atom stereocenters. The monoisotopic (exact) mass is 354 g/mol. The number of benzene rings is 1. The Labute approximate surface area is 132 Å². The van der Waals surface area contributed by atoms with Crippen molar-refractivity contribution in [1.82, 2.24) is 9.97 Å². The second kappa shape index (κ2) is 6.68. The van der Waals surface area contributed by atoms with E-state index in [1.54, 1.807) is 12.1 Å². The van der Waals surface area contributed by atoms with Crippen LogP contribution in [0, 0.1) is 5.82 Å². The van der Waals surface area contributed by atoms with Crippen LogP contribution in [0.3, 0.4) is 0 Å². The van der Waals surface area contributed by atoms with Crippen LogP contribution in [0.5, 0.6) is 0 Å². The molecule has 2 nitrogen and oxygen atoms in total. The Balaban J connectivity index is 2.66. The van der Waals surface area contributed by atoms with Crippen molar-refractivity contribution in [3.63, 3.8) is 0 Å². The molecular formula is C15H16BrFN2S. The number of halogens is 2. The molecule has 0 unspecified atom stereocenters. The lowest BCUT2D eigenvalue weighted by atomic mass is 9.99. The van der Waals surface area contributed by atoms with E-state index in [-0.39, 0.29) is 5.82 Å². The van der Waals surface area contributed by atoms with Crippen molar-refractivity contribution < 1.29 is 4.39 Å². The summed E-state index contributed by atoms with van der Waals surface area (Å²) in [7, 11) is 0. The maximum atomic E-state index is 13.1. The van der Waals surface area contributed by atoms with Gasteiger partial charge in [-0.3, -0.25) is 0 Å². The smallest absolute Gasteiger partial charge is 0.138 e. The van der Waals surface area contributed by atoms with Crippen LogP contribution in [0.4, 0.5) is 4.39 Å². The predicted octanol–water partition coefficient (Wildman–Crippen LogP) is 4.73. The number of hydrogen-bond acceptors (Lipinski definition) is 3. The van der Waals surface area contributed by atoms with Crippen LogP contribution in [-0.4, -0.2) is 9.97 Å². The van der Waals surface area contributed by atoms with Gasteiger partial charge in [0.15, 0.2) is 0 Å². The summed E-state index contributed by atoms with van der Waals surface area (Å²) < 4.78 is 13.1. The third kappa shape index (κ3) is 3.20. The Morgan fingerprint density at radius 3 is 2.35 bits per heavy atom. The number of hydrogen-bond donors (Lipinski definition) is 1. The molecule has 2 rings (SSSR count). The fraction of sp³-hybridized carbons (Fsp3) is 0.333. The highest BCUT2D eigenvalue weighted by molar-refractivity contribution is 9.08. The van der Waals surface area contributed by atoms with Crippen molar-refractivity contribution >= 4 is 28.6 Å². The van der Waals surface area contributed by atoms with Crippen LogP contribution in [0.15, 0.2) is 24.3 Å². The maximum Gasteiger partial charge on any atom is 0.138 e. The first-order valence-corrected chi connectivity index (χ1v) is 8.14. The van der Waals surface area contributed by atoms with Crippen LogP contribution in [0.2, 0.25) is 0 Å². The van der Waals surface area contributed by atoms with Crippen molar-refractivity contribution in [3.05, 3.63) is 47.2 Å². The van der Waals surface area contributed by atoms with Crippen molar-refractivity contribution in [2.45, 2.75) is 30.8 Å². The summed E-state index contributed by atoms with van der Waals surface area (Å²) in [5.74, 6) is 1.22. The van der Waals surface area contributed by atoms with E-state index < -0.39 is 0 Å². The fourth-order valence-electron chi connectivity index (χ4n) is 2.08. The summed E-state index contributed by atoms with van der Waals surface area (Å²) >= 11 is 7.78. The minimum Gasteiger partial charge on any atom is -0.236 e. The zero-order valence-electron chi connectivity index (χ0n) is 11.4. The highest BCUT2D eigenvalue weighted by Crippen LogP contribution is 2.29. The van der Waals surface area contributed by atoms with Crippen molar-refractivity contribution in [3.8, 4) is 11.3 Å². The number of rotatable bonds is 4. The van der Waals surface area contributed by atoms with Gasteiger partial charge in [-0.1, -0.05) is 29.8 Å². The van der Waals surface area contributed by atoms with Gasteiger partial charge in [0, 0.05) is 16.5 Å².